The van der Waals surface area contributed by atoms with Gasteiger partial charge in [-0.2, -0.15) is 12.1 Å². The fourth-order valence-electron chi connectivity index (χ4n) is 6.86. The minimum atomic E-state index is -1.98. The van der Waals surface area contributed by atoms with Crippen molar-refractivity contribution in [3.05, 3.63) is 134 Å². The van der Waals surface area contributed by atoms with Crippen molar-refractivity contribution in [3.8, 4) is 22.3 Å². The van der Waals surface area contributed by atoms with Gasteiger partial charge in [0.1, 0.15) is 0 Å². The van der Waals surface area contributed by atoms with E-state index in [1.54, 1.807) is 10.4 Å². The van der Waals surface area contributed by atoms with Crippen molar-refractivity contribution in [1.29, 1.82) is 0 Å². The van der Waals surface area contributed by atoms with E-state index >= 15 is 0 Å². The molecule has 0 nitrogen and oxygen atoms in total. The summed E-state index contributed by atoms with van der Waals surface area (Å²) in [5.74, 6) is 0. The standard InChI is InChI=1S/C39H40Si.2CH3.Hf/c1-7-8-15-40(6,34-22-30-11-9-13-36(38(30)24-34)32-18-26(2)16-27(3)19-32)35-23-31-12-10-14-37(39(31)25-35)33-20-28(4)17-29(5)21-33;;;/h9-14,16-25H,7-8,15H2,1-6H3;2*1H3;/q-2;2*-1;+4. The van der Waals surface area contributed by atoms with Gasteiger partial charge in [0.05, 0.1) is 8.07 Å². The van der Waals surface area contributed by atoms with Crippen LogP contribution in [0.1, 0.15) is 42.0 Å². The second kappa shape index (κ2) is 13.9. The van der Waals surface area contributed by atoms with Crippen molar-refractivity contribution in [1.82, 2.24) is 0 Å². The third-order valence-corrected chi connectivity index (χ3v) is 13.4. The molecule has 0 aliphatic heterocycles. The Morgan fingerprint density at radius 2 is 0.977 bits per heavy atom. The largest absolute Gasteiger partial charge is 4.00 e. The SMILES string of the molecule is CCCC[Si](C)(c1cc2c(-c3cc(C)cc(C)c3)cccc2[cH-]1)c1cc2c(-c3cc(C)cc(C)c3)cccc2[cH-]1.[CH3-].[CH3-].[Hf+4]. The van der Waals surface area contributed by atoms with Gasteiger partial charge in [-0.15, -0.1) is 68.3 Å². The fraction of sp³-hybridized carbons (Fsp3) is 0.220. The molecule has 2 heteroatoms. The Hall–Kier alpha value is -2.81. The van der Waals surface area contributed by atoms with Gasteiger partial charge in [-0.05, 0) is 38.8 Å². The van der Waals surface area contributed by atoms with E-state index in [0.29, 0.717) is 0 Å². The van der Waals surface area contributed by atoms with Gasteiger partial charge < -0.3 is 14.9 Å². The van der Waals surface area contributed by atoms with Crippen molar-refractivity contribution < 1.29 is 25.8 Å². The molecule has 0 bridgehead atoms. The number of hydrogen-bond acceptors (Lipinski definition) is 0. The molecule has 6 aromatic rings. The van der Waals surface area contributed by atoms with E-state index in [0.717, 1.165) is 0 Å². The number of rotatable bonds is 7. The summed E-state index contributed by atoms with van der Waals surface area (Å²) in [7, 11) is -1.98. The van der Waals surface area contributed by atoms with Crippen molar-refractivity contribution in [2.45, 2.75) is 60.1 Å². The van der Waals surface area contributed by atoms with Gasteiger partial charge in [-0.3, -0.25) is 0 Å². The number of fused-ring (bicyclic) bond motifs is 2. The number of aryl methyl sites for hydroxylation is 4. The quantitative estimate of drug-likeness (QED) is 0.113. The first kappa shape index (κ1) is 34.7. The molecule has 0 saturated heterocycles. The van der Waals surface area contributed by atoms with Crippen LogP contribution in [-0.4, -0.2) is 8.07 Å². The second-order valence-corrected chi connectivity index (χ2v) is 16.6. The van der Waals surface area contributed by atoms with Crippen LogP contribution < -0.4 is 10.4 Å². The summed E-state index contributed by atoms with van der Waals surface area (Å²) in [4.78, 5) is 0. The molecular weight excluding hydrogens is 699 g/mol. The number of unbranched alkanes of at least 4 members (excludes halogenated alkanes) is 1. The molecule has 0 heterocycles. The molecule has 0 radical (unpaired) electrons. The predicted octanol–water partition coefficient (Wildman–Crippen LogP) is 10.9. The predicted molar refractivity (Wildman–Crippen MR) is 192 cm³/mol. The Kier molecular flexibility index (Phi) is 11.2. The van der Waals surface area contributed by atoms with Crippen LogP contribution in [0.15, 0.2) is 97.1 Å². The van der Waals surface area contributed by atoms with Crippen molar-refractivity contribution in [2.24, 2.45) is 0 Å². The van der Waals surface area contributed by atoms with Crippen LogP contribution in [0.25, 0.3) is 43.8 Å². The van der Waals surface area contributed by atoms with E-state index in [1.807, 2.05) is 0 Å². The van der Waals surface area contributed by atoms with E-state index in [-0.39, 0.29) is 40.7 Å². The molecule has 0 aliphatic carbocycles. The van der Waals surface area contributed by atoms with E-state index in [1.165, 1.54) is 84.9 Å². The fourth-order valence-corrected chi connectivity index (χ4v) is 10.7. The third kappa shape index (κ3) is 6.66. The molecule has 0 aromatic heterocycles. The molecule has 6 rings (SSSR count). The van der Waals surface area contributed by atoms with Crippen molar-refractivity contribution >= 4 is 40.0 Å². The summed E-state index contributed by atoms with van der Waals surface area (Å²) in [5, 5.41) is 8.66. The minimum absolute atomic E-state index is 0. The molecule has 0 saturated carbocycles. The van der Waals surface area contributed by atoms with Gasteiger partial charge in [0.15, 0.2) is 0 Å². The average molecular weight is 745 g/mol. The van der Waals surface area contributed by atoms with Crippen LogP contribution in [0.4, 0.5) is 0 Å². The summed E-state index contributed by atoms with van der Waals surface area (Å²) < 4.78 is 0. The zero-order valence-electron chi connectivity index (χ0n) is 27.4. The topological polar surface area (TPSA) is 0 Å². The van der Waals surface area contributed by atoms with Crippen LogP contribution in [0, 0.1) is 42.5 Å². The molecule has 0 N–H and O–H groups in total. The van der Waals surface area contributed by atoms with Gasteiger partial charge in [-0.25, -0.2) is 0 Å². The molecule has 0 spiro atoms. The number of hydrogen-bond donors (Lipinski definition) is 0. The van der Waals surface area contributed by atoms with E-state index in [2.05, 4.69) is 138 Å². The molecule has 0 amide bonds. The average Bonchev–Trinajstić information content (AvgIpc) is 3.56. The second-order valence-electron chi connectivity index (χ2n) is 12.3. The van der Waals surface area contributed by atoms with Gasteiger partial charge >= 0.3 is 25.8 Å². The minimum Gasteiger partial charge on any atom is -0.358 e. The first-order valence-electron chi connectivity index (χ1n) is 14.8. The van der Waals surface area contributed by atoms with Crippen LogP contribution in [0.5, 0.6) is 0 Å². The van der Waals surface area contributed by atoms with Crippen LogP contribution in [0.2, 0.25) is 12.6 Å². The number of benzene rings is 4. The summed E-state index contributed by atoms with van der Waals surface area (Å²) in [6, 6.07) is 39.0. The Labute approximate surface area is 280 Å². The summed E-state index contributed by atoms with van der Waals surface area (Å²) in [6.07, 6.45) is 2.49. The summed E-state index contributed by atoms with van der Waals surface area (Å²) >= 11 is 0. The zero-order valence-corrected chi connectivity index (χ0v) is 32.0. The van der Waals surface area contributed by atoms with Crippen LogP contribution in [-0.2, 0) is 25.8 Å². The zero-order chi connectivity index (χ0) is 28.0. The van der Waals surface area contributed by atoms with Gasteiger partial charge in [0.25, 0.3) is 0 Å². The van der Waals surface area contributed by atoms with Crippen molar-refractivity contribution in [2.75, 3.05) is 0 Å². The Balaban J connectivity index is 0.00000169. The van der Waals surface area contributed by atoms with Crippen molar-refractivity contribution in [3.63, 3.8) is 0 Å². The van der Waals surface area contributed by atoms with E-state index in [9.17, 15) is 0 Å². The van der Waals surface area contributed by atoms with Gasteiger partial charge in [0.2, 0.25) is 0 Å². The van der Waals surface area contributed by atoms with E-state index in [4.69, 9.17) is 0 Å². The normalized spacial score (nSPS) is 11.2. The molecule has 43 heavy (non-hydrogen) atoms. The monoisotopic (exact) mass is 746 g/mol. The first-order valence-corrected chi connectivity index (χ1v) is 17.5. The maximum Gasteiger partial charge on any atom is 4.00 e. The first-order chi connectivity index (χ1) is 19.2. The molecule has 218 valence electrons. The Morgan fingerprint density at radius 1 is 0.581 bits per heavy atom. The molecule has 0 atom stereocenters. The Morgan fingerprint density at radius 3 is 1.35 bits per heavy atom. The summed E-state index contributed by atoms with van der Waals surface area (Å²) in [5.41, 5.74) is 10.7. The summed E-state index contributed by atoms with van der Waals surface area (Å²) in [6.45, 7) is 13.7. The molecular formula is C41H46HfSi. The molecule has 0 unspecified atom stereocenters. The van der Waals surface area contributed by atoms with Gasteiger partial charge in [0, 0.05) is 0 Å². The third-order valence-electron chi connectivity index (χ3n) is 8.87. The molecule has 0 fully saturated rings. The smallest absolute Gasteiger partial charge is 0.358 e. The van der Waals surface area contributed by atoms with Crippen LogP contribution >= 0.6 is 0 Å². The maximum atomic E-state index is 2.61. The Bertz CT molecular complexity index is 1680. The maximum absolute atomic E-state index is 2.61. The van der Waals surface area contributed by atoms with Gasteiger partial charge in [-0.1, -0.05) is 114 Å². The molecule has 0 aliphatic rings. The molecule has 6 aromatic carbocycles. The van der Waals surface area contributed by atoms with Crippen LogP contribution in [0.3, 0.4) is 0 Å². The van der Waals surface area contributed by atoms with E-state index < -0.39 is 8.07 Å².